The predicted molar refractivity (Wildman–Crippen MR) is 103 cm³/mol. The number of amides is 3. The SMILES string of the molecule is N[PH](N)(OC(=O)NCCCCCN1C(=O)C=CC1=O)OC(=O)c1ccccc1. The van der Waals surface area contributed by atoms with E-state index in [1.165, 1.54) is 24.3 Å². The van der Waals surface area contributed by atoms with E-state index in [0.717, 1.165) is 4.90 Å². The summed E-state index contributed by atoms with van der Waals surface area (Å²) in [5.41, 5.74) is 11.5. The topological polar surface area (TPSA) is 154 Å². The van der Waals surface area contributed by atoms with E-state index in [-0.39, 0.29) is 23.9 Å². The minimum atomic E-state index is -3.97. The van der Waals surface area contributed by atoms with Crippen molar-refractivity contribution in [1.29, 1.82) is 0 Å². The molecule has 0 unspecified atom stereocenters. The summed E-state index contributed by atoms with van der Waals surface area (Å²) in [5.74, 6) is -1.40. The van der Waals surface area contributed by atoms with Crippen LogP contribution in [0.25, 0.3) is 0 Å². The van der Waals surface area contributed by atoms with Crippen molar-refractivity contribution in [3.8, 4) is 0 Å². The average Bonchev–Trinajstić information content (AvgIpc) is 2.96. The van der Waals surface area contributed by atoms with Gasteiger partial charge in [-0.1, -0.05) is 0 Å². The quantitative estimate of drug-likeness (QED) is 0.309. The van der Waals surface area contributed by atoms with Crippen molar-refractivity contribution in [2.24, 2.45) is 11.0 Å². The maximum atomic E-state index is 11.9. The van der Waals surface area contributed by atoms with Gasteiger partial charge in [0.2, 0.25) is 0 Å². The fraction of sp³-hybridized carbons (Fsp3) is 0.294. The monoisotopic (exact) mass is 410 g/mol. The fourth-order valence-corrected chi connectivity index (χ4v) is 3.20. The molecule has 0 spiro atoms. The molecule has 0 bridgehead atoms. The Morgan fingerprint density at radius 2 is 1.61 bits per heavy atom. The van der Waals surface area contributed by atoms with E-state index in [2.05, 4.69) is 5.32 Å². The molecular formula is C17H23N4O6P. The number of hydrogen-bond acceptors (Lipinski definition) is 8. The van der Waals surface area contributed by atoms with Gasteiger partial charge < -0.3 is 0 Å². The number of carbonyl (C=O) groups is 4. The third-order valence-electron chi connectivity index (χ3n) is 3.74. The summed E-state index contributed by atoms with van der Waals surface area (Å²) in [4.78, 5) is 47.6. The van der Waals surface area contributed by atoms with Crippen LogP contribution in [0.3, 0.4) is 0 Å². The second-order valence-corrected chi connectivity index (χ2v) is 7.87. The van der Waals surface area contributed by atoms with Crippen LogP contribution in [0.5, 0.6) is 0 Å². The molecule has 0 saturated carbocycles. The van der Waals surface area contributed by atoms with Crippen LogP contribution in [0.2, 0.25) is 0 Å². The molecule has 0 atom stereocenters. The standard InChI is InChI=1S/C17H23N4O6P/c18-28(19,26-16(24)13-7-3-1-4-8-13)27-17(25)20-11-5-2-6-12-21-14(22)9-10-15(21)23/h1,3-4,7-10,28H,2,5-6,11-12,18-19H2,(H,20,25). The van der Waals surface area contributed by atoms with E-state index in [1.54, 1.807) is 18.2 Å². The normalized spacial score (nSPS) is 14.1. The van der Waals surface area contributed by atoms with Gasteiger partial charge in [0.05, 0.1) is 0 Å². The molecule has 152 valence electrons. The van der Waals surface area contributed by atoms with Gasteiger partial charge >= 0.3 is 162 Å². The van der Waals surface area contributed by atoms with Gasteiger partial charge in [-0.15, -0.1) is 0 Å². The Bertz CT molecular complexity index is 750. The molecule has 0 aliphatic carbocycles. The van der Waals surface area contributed by atoms with E-state index in [1.807, 2.05) is 0 Å². The molecule has 0 aromatic heterocycles. The molecule has 1 aliphatic heterocycles. The van der Waals surface area contributed by atoms with E-state index in [9.17, 15) is 19.2 Å². The molecule has 11 heteroatoms. The van der Waals surface area contributed by atoms with Crippen molar-refractivity contribution >= 4 is 31.9 Å². The van der Waals surface area contributed by atoms with Gasteiger partial charge in [0.25, 0.3) is 0 Å². The second-order valence-electron chi connectivity index (χ2n) is 6.02. The van der Waals surface area contributed by atoms with Gasteiger partial charge in [-0.05, 0) is 0 Å². The molecule has 0 fully saturated rings. The summed E-state index contributed by atoms with van der Waals surface area (Å²) in [6.45, 7) is 0.599. The van der Waals surface area contributed by atoms with Crippen LogP contribution >= 0.6 is 8.02 Å². The van der Waals surface area contributed by atoms with Gasteiger partial charge in [0.1, 0.15) is 0 Å². The third kappa shape index (κ3) is 6.73. The van der Waals surface area contributed by atoms with Crippen LogP contribution in [0.15, 0.2) is 42.5 Å². The Balaban J connectivity index is 1.61. The maximum absolute atomic E-state index is 11.9. The number of unbranched alkanes of at least 4 members (excludes halogenated alkanes) is 2. The first-order valence-corrected chi connectivity index (χ1v) is 10.6. The summed E-state index contributed by atoms with van der Waals surface area (Å²) >= 11 is 0. The molecule has 0 radical (unpaired) electrons. The van der Waals surface area contributed by atoms with E-state index in [0.29, 0.717) is 25.8 Å². The first kappa shape index (κ1) is 21.5. The van der Waals surface area contributed by atoms with Crippen molar-refractivity contribution in [2.75, 3.05) is 13.1 Å². The zero-order chi connectivity index (χ0) is 20.6. The van der Waals surface area contributed by atoms with Crippen LogP contribution in [-0.4, -0.2) is 41.9 Å². The minimum absolute atomic E-state index is 0.240. The Morgan fingerprint density at radius 1 is 0.964 bits per heavy atom. The van der Waals surface area contributed by atoms with E-state index < -0.39 is 20.1 Å². The third-order valence-corrected chi connectivity index (χ3v) is 4.75. The van der Waals surface area contributed by atoms with Gasteiger partial charge in [0.15, 0.2) is 0 Å². The molecule has 1 aliphatic rings. The van der Waals surface area contributed by atoms with Crippen LogP contribution in [0.1, 0.15) is 29.6 Å². The van der Waals surface area contributed by atoms with Gasteiger partial charge in [-0.3, -0.25) is 0 Å². The van der Waals surface area contributed by atoms with Crippen molar-refractivity contribution in [1.82, 2.24) is 10.2 Å². The number of hydrogen-bond donors (Lipinski definition) is 3. The molecule has 10 nitrogen and oxygen atoms in total. The van der Waals surface area contributed by atoms with Crippen LogP contribution in [0, 0.1) is 0 Å². The number of nitrogens with one attached hydrogen (secondary N) is 1. The van der Waals surface area contributed by atoms with Crippen molar-refractivity contribution in [3.05, 3.63) is 48.0 Å². The average molecular weight is 410 g/mol. The van der Waals surface area contributed by atoms with Crippen molar-refractivity contribution < 1.29 is 28.2 Å². The first-order valence-electron chi connectivity index (χ1n) is 8.65. The Morgan fingerprint density at radius 3 is 2.25 bits per heavy atom. The molecular weight excluding hydrogens is 387 g/mol. The number of nitrogens with two attached hydrogens (primary N) is 2. The van der Waals surface area contributed by atoms with Crippen LogP contribution in [-0.2, 0) is 18.6 Å². The molecule has 5 N–H and O–H groups in total. The van der Waals surface area contributed by atoms with Gasteiger partial charge in [-0.25, -0.2) is 0 Å². The van der Waals surface area contributed by atoms with E-state index >= 15 is 0 Å². The fourth-order valence-electron chi connectivity index (χ4n) is 2.39. The molecule has 1 aromatic carbocycles. The van der Waals surface area contributed by atoms with Gasteiger partial charge in [0, 0.05) is 0 Å². The summed E-state index contributed by atoms with van der Waals surface area (Å²) in [7, 11) is -3.97. The van der Waals surface area contributed by atoms with E-state index in [4.69, 9.17) is 20.1 Å². The Labute approximate surface area is 162 Å². The van der Waals surface area contributed by atoms with Crippen LogP contribution < -0.4 is 16.3 Å². The molecule has 2 rings (SSSR count). The second kappa shape index (κ2) is 9.93. The predicted octanol–water partition coefficient (Wildman–Crippen LogP) is 0.992. The van der Waals surface area contributed by atoms with Crippen LogP contribution in [0.4, 0.5) is 4.79 Å². The van der Waals surface area contributed by atoms with Crippen molar-refractivity contribution in [3.63, 3.8) is 0 Å². The number of benzene rings is 1. The molecule has 0 saturated heterocycles. The summed E-state index contributed by atoms with van der Waals surface area (Å²) < 4.78 is 9.76. The summed E-state index contributed by atoms with van der Waals surface area (Å²) in [6.07, 6.45) is 3.46. The first-order chi connectivity index (χ1) is 13.3. The number of imide groups is 1. The summed E-state index contributed by atoms with van der Waals surface area (Å²) in [6, 6.07) is 8.06. The zero-order valence-corrected chi connectivity index (χ0v) is 16.1. The molecule has 1 aromatic rings. The molecule has 28 heavy (non-hydrogen) atoms. The number of rotatable bonds is 9. The number of nitrogens with zero attached hydrogens (tertiary/aromatic N) is 1. The summed E-state index contributed by atoms with van der Waals surface area (Å²) in [5, 5.41) is 2.46. The van der Waals surface area contributed by atoms with Crippen molar-refractivity contribution in [2.45, 2.75) is 19.3 Å². The number of carbonyl (C=O) groups excluding carboxylic acids is 4. The Kier molecular flexibility index (Phi) is 7.62. The molecule has 3 amide bonds. The Hall–Kier alpha value is -2.81. The molecule has 1 heterocycles. The zero-order valence-electron chi connectivity index (χ0n) is 15.1. The van der Waals surface area contributed by atoms with Gasteiger partial charge in [-0.2, -0.15) is 0 Å².